The Morgan fingerprint density at radius 1 is 1.29 bits per heavy atom. The molecule has 0 aliphatic carbocycles. The monoisotopic (exact) mass is 219 g/mol. The van der Waals surface area contributed by atoms with Gasteiger partial charge in [0.05, 0.1) is 5.56 Å². The maximum absolute atomic E-state index is 12.2. The van der Waals surface area contributed by atoms with E-state index in [2.05, 4.69) is 17.6 Å². The second kappa shape index (κ2) is 2.91. The number of hydrogen-bond acceptors (Lipinski definition) is 3. The molecule has 1 heterocycles. The lowest BCUT2D eigenvalue weighted by atomic mass is 10.2. The third kappa shape index (κ3) is 1.57. The number of nitrogens with zero attached hydrogens (tertiary/aromatic N) is 1. The van der Waals surface area contributed by atoms with E-state index in [9.17, 15) is 13.2 Å². The van der Waals surface area contributed by atoms with Crippen LogP contribution in [0.1, 0.15) is 5.56 Å². The molecule has 0 saturated carbocycles. The molecule has 0 fully saturated rings. The summed E-state index contributed by atoms with van der Waals surface area (Å²) in [5.74, 6) is 0. The van der Waals surface area contributed by atoms with Gasteiger partial charge in [-0.2, -0.15) is 13.2 Å². The van der Waals surface area contributed by atoms with Crippen LogP contribution in [0.4, 0.5) is 13.2 Å². The Kier molecular flexibility index (Phi) is 1.95. The molecule has 0 atom stereocenters. The smallest absolute Gasteiger partial charge is 0.416 e. The molecule has 2 aromatic rings. The zero-order chi connectivity index (χ0) is 10.3. The fourth-order valence-corrected chi connectivity index (χ4v) is 1.30. The second-order valence-corrected chi connectivity index (χ2v) is 3.06. The van der Waals surface area contributed by atoms with E-state index < -0.39 is 11.7 Å². The third-order valence-corrected chi connectivity index (χ3v) is 1.89. The second-order valence-electron chi connectivity index (χ2n) is 2.68. The highest BCUT2D eigenvalue weighted by Gasteiger charge is 2.30. The third-order valence-electron chi connectivity index (χ3n) is 1.70. The molecular formula is C8H4F3NOS. The van der Waals surface area contributed by atoms with Crippen LogP contribution in [-0.4, -0.2) is 4.98 Å². The molecule has 6 heteroatoms. The Morgan fingerprint density at radius 2 is 2.00 bits per heavy atom. The van der Waals surface area contributed by atoms with Crippen LogP contribution >= 0.6 is 12.6 Å². The Bertz CT molecular complexity index is 477. The first-order chi connectivity index (χ1) is 6.47. The van der Waals surface area contributed by atoms with E-state index in [1.165, 1.54) is 6.07 Å². The lowest BCUT2D eigenvalue weighted by Gasteiger charge is -2.04. The molecule has 0 bridgehead atoms. The van der Waals surface area contributed by atoms with Crippen molar-refractivity contribution in [3.05, 3.63) is 23.8 Å². The summed E-state index contributed by atoms with van der Waals surface area (Å²) in [6.45, 7) is 0. The molecule has 0 aliphatic rings. The first-order valence-corrected chi connectivity index (χ1v) is 4.08. The van der Waals surface area contributed by atoms with Crippen molar-refractivity contribution in [3.8, 4) is 0 Å². The largest absolute Gasteiger partial charge is 0.432 e. The SMILES string of the molecule is FC(F)(F)c1ccc2oc(S)nc2c1. The van der Waals surface area contributed by atoms with Gasteiger partial charge in [-0.15, -0.1) is 0 Å². The van der Waals surface area contributed by atoms with Crippen molar-refractivity contribution in [1.29, 1.82) is 0 Å². The van der Waals surface area contributed by atoms with Crippen molar-refractivity contribution in [2.45, 2.75) is 11.4 Å². The van der Waals surface area contributed by atoms with E-state index in [1.54, 1.807) is 0 Å². The van der Waals surface area contributed by atoms with Gasteiger partial charge in [-0.05, 0) is 18.2 Å². The number of rotatable bonds is 0. The summed E-state index contributed by atoms with van der Waals surface area (Å²) in [6, 6.07) is 3.10. The number of fused-ring (bicyclic) bond motifs is 1. The molecule has 0 spiro atoms. The normalized spacial score (nSPS) is 12.3. The average molecular weight is 219 g/mol. The van der Waals surface area contributed by atoms with E-state index in [4.69, 9.17) is 4.42 Å². The molecule has 0 radical (unpaired) electrons. The van der Waals surface area contributed by atoms with Crippen molar-refractivity contribution in [2.75, 3.05) is 0 Å². The molecule has 74 valence electrons. The standard InChI is InChI=1S/C8H4F3NOS/c9-8(10,11)4-1-2-6-5(3-4)12-7(14)13-6/h1-3H,(H,12,14). The van der Waals surface area contributed by atoms with E-state index >= 15 is 0 Å². The number of aromatic nitrogens is 1. The van der Waals surface area contributed by atoms with Gasteiger partial charge in [0, 0.05) is 0 Å². The Labute approximate surface area is 82.1 Å². The summed E-state index contributed by atoms with van der Waals surface area (Å²) in [5.41, 5.74) is -0.292. The molecule has 2 rings (SSSR count). The summed E-state index contributed by atoms with van der Waals surface area (Å²) in [7, 11) is 0. The minimum absolute atomic E-state index is 0.0549. The molecule has 0 saturated heterocycles. The maximum atomic E-state index is 12.2. The van der Waals surface area contributed by atoms with Gasteiger partial charge in [0.1, 0.15) is 5.52 Å². The summed E-state index contributed by atoms with van der Waals surface area (Å²) in [6.07, 6.45) is -4.36. The van der Waals surface area contributed by atoms with Crippen LogP contribution in [0.25, 0.3) is 11.1 Å². The summed E-state index contributed by atoms with van der Waals surface area (Å²) < 4.78 is 41.7. The number of benzene rings is 1. The fourth-order valence-electron chi connectivity index (χ4n) is 1.09. The quantitative estimate of drug-likeness (QED) is 0.689. The lowest BCUT2D eigenvalue weighted by Crippen LogP contribution is -2.03. The van der Waals surface area contributed by atoms with Gasteiger partial charge < -0.3 is 4.42 Å². The van der Waals surface area contributed by atoms with Crippen molar-refractivity contribution in [1.82, 2.24) is 4.98 Å². The fraction of sp³-hybridized carbons (Fsp3) is 0.125. The molecular weight excluding hydrogens is 215 g/mol. The predicted octanol–water partition coefficient (Wildman–Crippen LogP) is 3.14. The number of halogens is 3. The first kappa shape index (κ1) is 9.39. The van der Waals surface area contributed by atoms with Crippen LogP contribution in [0.3, 0.4) is 0 Å². The van der Waals surface area contributed by atoms with Crippen LogP contribution in [-0.2, 0) is 6.18 Å². The topological polar surface area (TPSA) is 26.0 Å². The van der Waals surface area contributed by atoms with Gasteiger partial charge in [-0.1, -0.05) is 12.6 Å². The van der Waals surface area contributed by atoms with Crippen molar-refractivity contribution in [3.63, 3.8) is 0 Å². The Balaban J connectivity index is 2.62. The zero-order valence-electron chi connectivity index (χ0n) is 6.67. The van der Waals surface area contributed by atoms with Gasteiger partial charge in [-0.25, -0.2) is 4.98 Å². The molecule has 0 unspecified atom stereocenters. The van der Waals surface area contributed by atoms with Crippen LogP contribution in [0.5, 0.6) is 0 Å². The van der Waals surface area contributed by atoms with Crippen LogP contribution in [0.2, 0.25) is 0 Å². The van der Waals surface area contributed by atoms with Gasteiger partial charge in [0.15, 0.2) is 5.58 Å². The number of oxazole rings is 1. The van der Waals surface area contributed by atoms with Gasteiger partial charge >= 0.3 is 6.18 Å². The molecule has 2 nitrogen and oxygen atoms in total. The summed E-state index contributed by atoms with van der Waals surface area (Å²) in [4.78, 5) is 3.68. The van der Waals surface area contributed by atoms with Gasteiger partial charge in [-0.3, -0.25) is 0 Å². The van der Waals surface area contributed by atoms with Gasteiger partial charge in [0.25, 0.3) is 5.22 Å². The van der Waals surface area contributed by atoms with Crippen LogP contribution in [0, 0.1) is 0 Å². The lowest BCUT2D eigenvalue weighted by molar-refractivity contribution is -0.137. The highest BCUT2D eigenvalue weighted by molar-refractivity contribution is 7.80. The van der Waals surface area contributed by atoms with E-state index in [0.717, 1.165) is 12.1 Å². The number of alkyl halides is 3. The zero-order valence-corrected chi connectivity index (χ0v) is 7.56. The van der Waals surface area contributed by atoms with Crippen molar-refractivity contribution in [2.24, 2.45) is 0 Å². The van der Waals surface area contributed by atoms with E-state index in [0.29, 0.717) is 5.58 Å². The summed E-state index contributed by atoms with van der Waals surface area (Å²) in [5, 5.41) is 0.0549. The maximum Gasteiger partial charge on any atom is 0.416 e. The number of thiol groups is 1. The Morgan fingerprint density at radius 3 is 2.64 bits per heavy atom. The predicted molar refractivity (Wildman–Crippen MR) is 46.3 cm³/mol. The molecule has 1 aromatic carbocycles. The van der Waals surface area contributed by atoms with Crippen LogP contribution in [0.15, 0.2) is 27.8 Å². The van der Waals surface area contributed by atoms with Gasteiger partial charge in [0.2, 0.25) is 0 Å². The van der Waals surface area contributed by atoms with Crippen LogP contribution < -0.4 is 0 Å². The summed E-state index contributed by atoms with van der Waals surface area (Å²) >= 11 is 3.79. The molecule has 0 N–H and O–H groups in total. The number of hydrogen-bond donors (Lipinski definition) is 1. The average Bonchev–Trinajstić information content (AvgIpc) is 2.41. The minimum atomic E-state index is -4.36. The van der Waals surface area contributed by atoms with Crippen molar-refractivity contribution >= 4 is 23.7 Å². The molecule has 1 aromatic heterocycles. The molecule has 14 heavy (non-hydrogen) atoms. The van der Waals surface area contributed by atoms with E-state index in [1.807, 2.05) is 0 Å². The Hall–Kier alpha value is -1.17. The first-order valence-electron chi connectivity index (χ1n) is 3.63. The highest BCUT2D eigenvalue weighted by atomic mass is 32.1. The highest BCUT2D eigenvalue weighted by Crippen LogP contribution is 2.31. The van der Waals surface area contributed by atoms with Crippen molar-refractivity contribution < 1.29 is 17.6 Å². The molecule has 0 aliphatic heterocycles. The van der Waals surface area contributed by atoms with E-state index in [-0.39, 0.29) is 10.7 Å². The molecule has 0 amide bonds. The minimum Gasteiger partial charge on any atom is -0.432 e.